The molecule has 2 aromatic rings. The van der Waals surface area contributed by atoms with Crippen LogP contribution in [-0.4, -0.2) is 37.5 Å². The van der Waals surface area contributed by atoms with E-state index in [0.29, 0.717) is 0 Å². The van der Waals surface area contributed by atoms with Crippen LogP contribution in [0.3, 0.4) is 0 Å². The first-order chi connectivity index (χ1) is 9.86. The predicted octanol–water partition coefficient (Wildman–Crippen LogP) is 2.42. The van der Waals surface area contributed by atoms with Gasteiger partial charge in [-0.25, -0.2) is 4.68 Å². The number of tetrazole rings is 1. The second-order valence-electron chi connectivity index (χ2n) is 6.67. The van der Waals surface area contributed by atoms with E-state index in [0.717, 1.165) is 17.8 Å². The molecule has 1 saturated heterocycles. The Labute approximate surface area is 124 Å². The normalized spacial score (nSPS) is 23.1. The summed E-state index contributed by atoms with van der Waals surface area (Å²) < 4.78 is 7.77. The number of hydrogen-bond acceptors (Lipinski definition) is 5. The first kappa shape index (κ1) is 14.0. The minimum atomic E-state index is -0.200. The van der Waals surface area contributed by atoms with Gasteiger partial charge in [0, 0.05) is 5.69 Å². The highest BCUT2D eigenvalue weighted by molar-refractivity contribution is 5.51. The van der Waals surface area contributed by atoms with Gasteiger partial charge in [-0.05, 0) is 62.7 Å². The molecular formula is C15H21N5O. The second kappa shape index (κ2) is 4.80. The fourth-order valence-electron chi connectivity index (χ4n) is 3.01. The molecule has 1 unspecified atom stereocenters. The Kier molecular flexibility index (Phi) is 3.20. The van der Waals surface area contributed by atoms with Crippen LogP contribution in [0.4, 0.5) is 5.69 Å². The Bertz CT molecular complexity index is 621. The number of aromatic nitrogens is 4. The molecule has 1 atom stereocenters. The van der Waals surface area contributed by atoms with Crippen LogP contribution in [0.2, 0.25) is 0 Å². The van der Waals surface area contributed by atoms with E-state index in [-0.39, 0.29) is 17.2 Å². The zero-order valence-electron chi connectivity index (χ0n) is 12.9. The van der Waals surface area contributed by atoms with Crippen LogP contribution in [0.5, 0.6) is 0 Å². The minimum absolute atomic E-state index is 0.103. The maximum atomic E-state index is 6.12. The Morgan fingerprint density at radius 3 is 2.71 bits per heavy atom. The molecular weight excluding hydrogens is 266 g/mol. The van der Waals surface area contributed by atoms with E-state index >= 15 is 0 Å². The molecule has 3 rings (SSSR count). The van der Waals surface area contributed by atoms with Gasteiger partial charge in [-0.3, -0.25) is 0 Å². The molecule has 1 aliphatic heterocycles. The number of nitrogens with zero attached hydrogens (tertiary/aromatic N) is 4. The van der Waals surface area contributed by atoms with Crippen LogP contribution in [0.1, 0.15) is 34.1 Å². The summed E-state index contributed by atoms with van der Waals surface area (Å²) in [5, 5.41) is 14.8. The van der Waals surface area contributed by atoms with Crippen molar-refractivity contribution in [2.45, 2.75) is 51.4 Å². The first-order valence-corrected chi connectivity index (χ1v) is 7.16. The molecule has 21 heavy (non-hydrogen) atoms. The molecule has 0 bridgehead atoms. The summed E-state index contributed by atoms with van der Waals surface area (Å²) >= 11 is 0. The Morgan fingerprint density at radius 2 is 2.10 bits per heavy atom. The van der Waals surface area contributed by atoms with Gasteiger partial charge in [0.2, 0.25) is 0 Å². The maximum absolute atomic E-state index is 6.12. The Hall–Kier alpha value is -1.95. The molecule has 2 heterocycles. The van der Waals surface area contributed by atoms with Gasteiger partial charge in [-0.2, -0.15) is 0 Å². The number of ether oxygens (including phenoxy) is 1. The molecule has 1 aromatic carbocycles. The van der Waals surface area contributed by atoms with E-state index in [1.54, 1.807) is 11.0 Å². The lowest BCUT2D eigenvalue weighted by Crippen LogP contribution is -2.38. The summed E-state index contributed by atoms with van der Waals surface area (Å²) in [5.41, 5.74) is 1.67. The third-order valence-corrected chi connectivity index (χ3v) is 3.87. The van der Waals surface area contributed by atoms with Crippen LogP contribution >= 0.6 is 0 Å². The number of nitrogens with one attached hydrogen (secondary N) is 1. The topological polar surface area (TPSA) is 64.9 Å². The van der Waals surface area contributed by atoms with Gasteiger partial charge in [0.25, 0.3) is 0 Å². The third kappa shape index (κ3) is 2.90. The summed E-state index contributed by atoms with van der Waals surface area (Å²) in [6, 6.07) is 8.32. The molecule has 0 radical (unpaired) electrons. The molecule has 0 aliphatic carbocycles. The highest BCUT2D eigenvalue weighted by atomic mass is 16.5. The van der Waals surface area contributed by atoms with Gasteiger partial charge < -0.3 is 10.1 Å². The molecule has 112 valence electrons. The largest absolute Gasteiger partial charge is 0.379 e. The summed E-state index contributed by atoms with van der Waals surface area (Å²) in [5.74, 6) is 0. The van der Waals surface area contributed by atoms with Crippen molar-refractivity contribution in [3.05, 3.63) is 30.6 Å². The van der Waals surface area contributed by atoms with Crippen molar-refractivity contribution in [3.8, 4) is 5.69 Å². The fraction of sp³-hybridized carbons (Fsp3) is 0.533. The van der Waals surface area contributed by atoms with Crippen molar-refractivity contribution in [1.29, 1.82) is 0 Å². The van der Waals surface area contributed by atoms with Crippen molar-refractivity contribution in [2.75, 3.05) is 5.32 Å². The number of rotatable bonds is 3. The first-order valence-electron chi connectivity index (χ1n) is 7.16. The zero-order chi connectivity index (χ0) is 15.1. The zero-order valence-corrected chi connectivity index (χ0v) is 12.9. The number of anilines is 1. The van der Waals surface area contributed by atoms with Crippen LogP contribution in [0.25, 0.3) is 5.69 Å². The van der Waals surface area contributed by atoms with E-state index < -0.39 is 0 Å². The van der Waals surface area contributed by atoms with Gasteiger partial charge in [-0.1, -0.05) is 6.07 Å². The highest BCUT2D eigenvalue weighted by Gasteiger charge is 2.45. The summed E-state index contributed by atoms with van der Waals surface area (Å²) in [4.78, 5) is 0. The number of benzene rings is 1. The smallest absolute Gasteiger partial charge is 0.143 e. The summed E-state index contributed by atoms with van der Waals surface area (Å²) in [6.07, 6.45) is 2.56. The molecule has 1 N–H and O–H groups in total. The fourth-order valence-corrected chi connectivity index (χ4v) is 3.01. The monoisotopic (exact) mass is 287 g/mol. The van der Waals surface area contributed by atoms with E-state index in [1.807, 2.05) is 18.2 Å². The summed E-state index contributed by atoms with van der Waals surface area (Å²) in [7, 11) is 0. The van der Waals surface area contributed by atoms with Gasteiger partial charge in [0.05, 0.1) is 22.9 Å². The van der Waals surface area contributed by atoms with Gasteiger partial charge in [0.1, 0.15) is 6.33 Å². The minimum Gasteiger partial charge on any atom is -0.379 e. The van der Waals surface area contributed by atoms with Gasteiger partial charge in [0.15, 0.2) is 0 Å². The van der Waals surface area contributed by atoms with Gasteiger partial charge in [-0.15, -0.1) is 5.10 Å². The Balaban J connectivity index is 1.81. The third-order valence-electron chi connectivity index (χ3n) is 3.87. The van der Waals surface area contributed by atoms with Crippen molar-refractivity contribution in [3.63, 3.8) is 0 Å². The van der Waals surface area contributed by atoms with Crippen molar-refractivity contribution < 1.29 is 4.74 Å². The van der Waals surface area contributed by atoms with Gasteiger partial charge >= 0.3 is 0 Å². The Morgan fingerprint density at radius 1 is 1.29 bits per heavy atom. The quantitative estimate of drug-likeness (QED) is 0.939. The van der Waals surface area contributed by atoms with Crippen LogP contribution in [-0.2, 0) is 4.74 Å². The molecule has 1 aliphatic rings. The molecule has 0 saturated carbocycles. The maximum Gasteiger partial charge on any atom is 0.143 e. The lowest BCUT2D eigenvalue weighted by atomic mass is 9.94. The average molecular weight is 287 g/mol. The SMILES string of the molecule is CC1(C)CC(Nc2cccc(-n3cnnn3)c2)C(C)(C)O1. The van der Waals surface area contributed by atoms with Crippen molar-refractivity contribution in [1.82, 2.24) is 20.2 Å². The highest BCUT2D eigenvalue weighted by Crippen LogP contribution is 2.38. The summed E-state index contributed by atoms with van der Waals surface area (Å²) in [6.45, 7) is 8.52. The number of hydrogen-bond donors (Lipinski definition) is 1. The molecule has 1 aromatic heterocycles. The van der Waals surface area contributed by atoms with E-state index in [9.17, 15) is 0 Å². The molecule has 0 amide bonds. The average Bonchev–Trinajstić information content (AvgIpc) is 2.96. The van der Waals surface area contributed by atoms with E-state index in [2.05, 4.69) is 54.6 Å². The lowest BCUT2D eigenvalue weighted by molar-refractivity contribution is -0.0662. The molecule has 6 heteroatoms. The van der Waals surface area contributed by atoms with E-state index in [1.165, 1.54) is 0 Å². The lowest BCUT2D eigenvalue weighted by Gasteiger charge is -2.28. The van der Waals surface area contributed by atoms with Crippen molar-refractivity contribution >= 4 is 5.69 Å². The van der Waals surface area contributed by atoms with Crippen LogP contribution < -0.4 is 5.32 Å². The van der Waals surface area contributed by atoms with Crippen LogP contribution in [0, 0.1) is 0 Å². The van der Waals surface area contributed by atoms with Crippen molar-refractivity contribution in [2.24, 2.45) is 0 Å². The molecule has 1 fully saturated rings. The standard InChI is InChI=1S/C15H21N5O/c1-14(2)9-13(15(3,4)21-14)17-11-6-5-7-12(8-11)20-10-16-18-19-20/h5-8,10,13,17H,9H2,1-4H3. The predicted molar refractivity (Wildman–Crippen MR) is 80.4 cm³/mol. The molecule has 6 nitrogen and oxygen atoms in total. The van der Waals surface area contributed by atoms with E-state index in [4.69, 9.17) is 4.74 Å². The molecule has 0 spiro atoms. The second-order valence-corrected chi connectivity index (χ2v) is 6.67. The van der Waals surface area contributed by atoms with Crippen LogP contribution in [0.15, 0.2) is 30.6 Å².